The number of hydrogen-bond acceptors (Lipinski definition) is 5. The second-order valence-corrected chi connectivity index (χ2v) is 7.37. The second-order valence-electron chi connectivity index (χ2n) is 7.37. The molecule has 0 aliphatic carbocycles. The molecule has 3 aromatic rings. The largest absolute Gasteiger partial charge is 0.497 e. The Kier molecular flexibility index (Phi) is 5.52. The normalized spacial score (nSPS) is 16.3. The van der Waals surface area contributed by atoms with Crippen LogP contribution < -0.4 is 10.5 Å². The molecule has 1 atom stereocenters. The Morgan fingerprint density at radius 1 is 1.10 bits per heavy atom. The molecule has 1 aromatic heterocycles. The van der Waals surface area contributed by atoms with Crippen molar-refractivity contribution in [1.82, 2.24) is 14.7 Å². The van der Waals surface area contributed by atoms with Gasteiger partial charge >= 0.3 is 0 Å². The number of Topliss-reactive ketones (excluding diaryl/α,β-unsaturated/α-hetero) is 1. The zero-order valence-corrected chi connectivity index (χ0v) is 16.8. The van der Waals surface area contributed by atoms with Gasteiger partial charge in [-0.2, -0.15) is 5.10 Å². The number of piperidine rings is 1. The van der Waals surface area contributed by atoms with Crippen LogP contribution in [0, 0.1) is 5.92 Å². The van der Waals surface area contributed by atoms with Gasteiger partial charge in [-0.25, -0.2) is 4.68 Å². The fourth-order valence-corrected chi connectivity index (χ4v) is 3.84. The van der Waals surface area contributed by atoms with Crippen LogP contribution in [-0.2, 0) is 0 Å². The van der Waals surface area contributed by atoms with E-state index in [9.17, 15) is 9.59 Å². The van der Waals surface area contributed by atoms with Crippen LogP contribution in [0.2, 0.25) is 0 Å². The summed E-state index contributed by atoms with van der Waals surface area (Å²) >= 11 is 0. The van der Waals surface area contributed by atoms with Crippen molar-refractivity contribution in [3.63, 3.8) is 0 Å². The first kappa shape index (κ1) is 19.7. The molecule has 154 valence electrons. The van der Waals surface area contributed by atoms with Gasteiger partial charge in [-0.3, -0.25) is 9.59 Å². The molecule has 0 spiro atoms. The van der Waals surface area contributed by atoms with E-state index in [1.54, 1.807) is 28.8 Å². The highest BCUT2D eigenvalue weighted by Crippen LogP contribution is 2.26. The number of rotatable bonds is 5. The number of anilines is 1. The summed E-state index contributed by atoms with van der Waals surface area (Å²) in [6, 6.07) is 16.4. The number of hydrogen-bond donors (Lipinski definition) is 1. The first-order valence-corrected chi connectivity index (χ1v) is 9.95. The molecule has 0 radical (unpaired) electrons. The molecule has 7 heteroatoms. The molecule has 30 heavy (non-hydrogen) atoms. The minimum absolute atomic E-state index is 0.0463. The summed E-state index contributed by atoms with van der Waals surface area (Å²) in [5, 5.41) is 4.31. The van der Waals surface area contributed by atoms with Gasteiger partial charge in [0.1, 0.15) is 11.6 Å². The molecule has 0 saturated carbocycles. The van der Waals surface area contributed by atoms with Gasteiger partial charge in [0, 0.05) is 24.6 Å². The predicted octanol–water partition coefficient (Wildman–Crippen LogP) is 3.20. The smallest absolute Gasteiger partial charge is 0.253 e. The van der Waals surface area contributed by atoms with Crippen LogP contribution in [0.15, 0.2) is 60.8 Å². The topological polar surface area (TPSA) is 90.5 Å². The number of nitrogens with zero attached hydrogens (tertiary/aromatic N) is 3. The van der Waals surface area contributed by atoms with Crippen LogP contribution in [0.1, 0.15) is 33.6 Å². The zero-order chi connectivity index (χ0) is 21.1. The number of ether oxygens (including phenoxy) is 1. The van der Waals surface area contributed by atoms with Crippen molar-refractivity contribution in [2.45, 2.75) is 12.8 Å². The Labute approximate surface area is 175 Å². The monoisotopic (exact) mass is 404 g/mol. The fraction of sp³-hybridized carbons (Fsp3) is 0.261. The maximum absolute atomic E-state index is 13.2. The summed E-state index contributed by atoms with van der Waals surface area (Å²) in [7, 11) is 1.60. The summed E-state index contributed by atoms with van der Waals surface area (Å²) < 4.78 is 6.72. The molecule has 1 aliphatic rings. The van der Waals surface area contributed by atoms with E-state index in [1.807, 2.05) is 42.5 Å². The molecule has 2 N–H and O–H groups in total. The number of nitrogens with two attached hydrogens (primary N) is 1. The van der Waals surface area contributed by atoms with E-state index in [1.165, 1.54) is 6.20 Å². The fourth-order valence-electron chi connectivity index (χ4n) is 3.84. The summed E-state index contributed by atoms with van der Waals surface area (Å²) in [6.45, 7) is 1.04. The van der Waals surface area contributed by atoms with Crippen LogP contribution >= 0.6 is 0 Å². The summed E-state index contributed by atoms with van der Waals surface area (Å²) in [5.74, 6) is 0.623. The number of ketones is 1. The number of benzene rings is 2. The standard InChI is InChI=1S/C23H24N4O3/c1-30-19-11-9-18(10-12-19)27-22(24)20(14-25-27)21(28)17-8-5-13-26(15-17)23(29)16-6-3-2-4-7-16/h2-4,6-7,9-12,14,17H,5,8,13,15,24H2,1H3/t17-/m1/s1. The van der Waals surface area contributed by atoms with E-state index >= 15 is 0 Å². The number of carbonyl (C=O) groups excluding carboxylic acids is 2. The maximum Gasteiger partial charge on any atom is 0.253 e. The summed E-state index contributed by atoms with van der Waals surface area (Å²) in [5.41, 5.74) is 8.04. The van der Waals surface area contributed by atoms with Gasteiger partial charge in [0.15, 0.2) is 5.78 Å². The molecule has 1 saturated heterocycles. The Morgan fingerprint density at radius 2 is 1.83 bits per heavy atom. The lowest BCUT2D eigenvalue weighted by Crippen LogP contribution is -2.42. The lowest BCUT2D eigenvalue weighted by molar-refractivity contribution is 0.0637. The SMILES string of the molecule is COc1ccc(-n2ncc(C(=O)[C@@H]3CCCN(C(=O)c4ccccc4)C3)c2N)cc1. The molecular formula is C23H24N4O3. The van der Waals surface area contributed by atoms with Gasteiger partial charge in [-0.05, 0) is 49.2 Å². The molecule has 2 aromatic carbocycles. The average molecular weight is 404 g/mol. The quantitative estimate of drug-likeness (QED) is 0.660. The van der Waals surface area contributed by atoms with Crippen molar-refractivity contribution in [1.29, 1.82) is 0 Å². The van der Waals surface area contributed by atoms with E-state index in [0.29, 0.717) is 30.0 Å². The highest BCUT2D eigenvalue weighted by molar-refractivity contribution is 6.02. The Balaban J connectivity index is 1.51. The lowest BCUT2D eigenvalue weighted by atomic mass is 9.90. The molecular weight excluding hydrogens is 380 g/mol. The van der Waals surface area contributed by atoms with Crippen LogP contribution in [0.5, 0.6) is 5.75 Å². The van der Waals surface area contributed by atoms with Crippen molar-refractivity contribution in [2.24, 2.45) is 5.92 Å². The zero-order valence-electron chi connectivity index (χ0n) is 16.8. The third-order valence-electron chi connectivity index (χ3n) is 5.49. The van der Waals surface area contributed by atoms with Crippen molar-refractivity contribution >= 4 is 17.5 Å². The van der Waals surface area contributed by atoms with E-state index in [4.69, 9.17) is 10.5 Å². The van der Waals surface area contributed by atoms with Gasteiger partial charge in [0.2, 0.25) is 0 Å². The molecule has 0 unspecified atom stereocenters. The average Bonchev–Trinajstić information content (AvgIpc) is 3.20. The highest BCUT2D eigenvalue weighted by Gasteiger charge is 2.31. The molecule has 2 heterocycles. The van der Waals surface area contributed by atoms with Gasteiger partial charge in [0.25, 0.3) is 5.91 Å². The third-order valence-corrected chi connectivity index (χ3v) is 5.49. The Hall–Kier alpha value is -3.61. The van der Waals surface area contributed by atoms with Gasteiger partial charge in [-0.15, -0.1) is 0 Å². The van der Waals surface area contributed by atoms with Gasteiger partial charge in [0.05, 0.1) is 24.6 Å². The summed E-state index contributed by atoms with van der Waals surface area (Å²) in [6.07, 6.45) is 3.02. The first-order chi connectivity index (χ1) is 14.6. The number of amides is 1. The Bertz CT molecular complexity index is 1040. The number of nitrogen functional groups attached to an aromatic ring is 1. The predicted molar refractivity (Wildman–Crippen MR) is 114 cm³/mol. The summed E-state index contributed by atoms with van der Waals surface area (Å²) in [4.78, 5) is 27.7. The van der Waals surface area contributed by atoms with E-state index in [2.05, 4.69) is 5.10 Å². The highest BCUT2D eigenvalue weighted by atomic mass is 16.5. The number of carbonyl (C=O) groups is 2. The molecule has 1 amide bonds. The molecule has 4 rings (SSSR count). The van der Waals surface area contributed by atoms with E-state index in [-0.39, 0.29) is 17.6 Å². The van der Waals surface area contributed by atoms with Crippen molar-refractivity contribution < 1.29 is 14.3 Å². The minimum Gasteiger partial charge on any atom is -0.497 e. The molecule has 1 fully saturated rings. The van der Waals surface area contributed by atoms with Gasteiger partial charge < -0.3 is 15.4 Å². The van der Waals surface area contributed by atoms with Crippen molar-refractivity contribution in [3.8, 4) is 11.4 Å². The first-order valence-electron chi connectivity index (χ1n) is 9.95. The van der Waals surface area contributed by atoms with E-state index < -0.39 is 0 Å². The van der Waals surface area contributed by atoms with Crippen LogP contribution in [-0.4, -0.2) is 46.6 Å². The number of methoxy groups -OCH3 is 1. The minimum atomic E-state index is -0.290. The maximum atomic E-state index is 13.2. The van der Waals surface area contributed by atoms with E-state index in [0.717, 1.165) is 24.3 Å². The molecule has 1 aliphatic heterocycles. The lowest BCUT2D eigenvalue weighted by Gasteiger charge is -2.32. The van der Waals surface area contributed by atoms with Crippen LogP contribution in [0.25, 0.3) is 5.69 Å². The van der Waals surface area contributed by atoms with Crippen LogP contribution in [0.3, 0.4) is 0 Å². The third kappa shape index (κ3) is 3.78. The number of likely N-dealkylation sites (tertiary alicyclic amines) is 1. The van der Waals surface area contributed by atoms with Gasteiger partial charge in [-0.1, -0.05) is 18.2 Å². The van der Waals surface area contributed by atoms with Crippen molar-refractivity contribution in [2.75, 3.05) is 25.9 Å². The van der Waals surface area contributed by atoms with Crippen molar-refractivity contribution in [3.05, 3.63) is 71.9 Å². The Morgan fingerprint density at radius 3 is 2.53 bits per heavy atom. The molecule has 7 nitrogen and oxygen atoms in total. The second kappa shape index (κ2) is 8.41. The van der Waals surface area contributed by atoms with Crippen LogP contribution in [0.4, 0.5) is 5.82 Å². The molecule has 0 bridgehead atoms. The number of aromatic nitrogens is 2.